The number of hydrazone groups is 1. The number of carbonyl (C=O) groups is 2. The molecule has 176 valence electrons. The van der Waals surface area contributed by atoms with Gasteiger partial charge < -0.3 is 14.8 Å². The number of benzene rings is 3. The average molecular weight is 565 g/mol. The van der Waals surface area contributed by atoms with Gasteiger partial charge in [-0.3, -0.25) is 9.59 Å². The first kappa shape index (κ1) is 25.6. The third kappa shape index (κ3) is 7.48. The summed E-state index contributed by atoms with van der Waals surface area (Å²) in [5.74, 6) is -0.777. The van der Waals surface area contributed by atoms with Crippen molar-refractivity contribution in [3.63, 3.8) is 0 Å². The normalized spacial score (nSPS) is 10.7. The first-order chi connectivity index (χ1) is 16.4. The van der Waals surface area contributed by atoms with Crippen LogP contribution in [0.4, 0.5) is 5.69 Å². The zero-order valence-electron chi connectivity index (χ0n) is 18.0. The van der Waals surface area contributed by atoms with Gasteiger partial charge in [0.15, 0.2) is 11.5 Å². The molecule has 0 spiro atoms. The highest BCUT2D eigenvalue weighted by Crippen LogP contribution is 2.37. The number of hydrogen-bond donors (Lipinski definition) is 2. The fourth-order valence-corrected chi connectivity index (χ4v) is 3.66. The van der Waals surface area contributed by atoms with Crippen molar-refractivity contribution in [2.45, 2.75) is 13.5 Å². The number of nitrogens with zero attached hydrogens (tertiary/aromatic N) is 1. The Hall–Kier alpha value is -3.07. The molecule has 0 saturated carbocycles. The second kappa shape index (κ2) is 12.4. The summed E-state index contributed by atoms with van der Waals surface area (Å²) in [6.45, 7) is 2.60. The molecular formula is C24H20BrCl2N3O4. The molecule has 0 fully saturated rings. The lowest BCUT2D eigenvalue weighted by Gasteiger charge is -2.14. The first-order valence-electron chi connectivity index (χ1n) is 10.1. The summed E-state index contributed by atoms with van der Waals surface area (Å²) in [5, 5.41) is 7.39. The smallest absolute Gasteiger partial charge is 0.329 e. The van der Waals surface area contributed by atoms with E-state index in [0.29, 0.717) is 50.5 Å². The molecule has 0 bridgehead atoms. The van der Waals surface area contributed by atoms with Crippen LogP contribution in [-0.4, -0.2) is 24.6 Å². The minimum Gasteiger partial charge on any atom is -0.490 e. The number of hydrogen-bond acceptors (Lipinski definition) is 5. The van der Waals surface area contributed by atoms with Crippen molar-refractivity contribution < 1.29 is 19.1 Å². The van der Waals surface area contributed by atoms with Crippen LogP contribution in [-0.2, 0) is 16.2 Å². The predicted molar refractivity (Wildman–Crippen MR) is 137 cm³/mol. The molecule has 10 heteroatoms. The second-order valence-corrected chi connectivity index (χ2v) is 8.57. The third-order valence-electron chi connectivity index (χ3n) is 4.30. The van der Waals surface area contributed by atoms with E-state index < -0.39 is 11.8 Å². The Bertz CT molecular complexity index is 1200. The highest BCUT2D eigenvalue weighted by Gasteiger charge is 2.14. The summed E-state index contributed by atoms with van der Waals surface area (Å²) in [6.07, 6.45) is 1.39. The quantitative estimate of drug-likeness (QED) is 0.205. The van der Waals surface area contributed by atoms with Crippen molar-refractivity contribution >= 4 is 62.8 Å². The van der Waals surface area contributed by atoms with E-state index in [2.05, 4.69) is 31.8 Å². The highest BCUT2D eigenvalue weighted by atomic mass is 79.9. The van der Waals surface area contributed by atoms with Gasteiger partial charge in [0, 0.05) is 15.7 Å². The lowest BCUT2D eigenvalue weighted by molar-refractivity contribution is -0.136. The lowest BCUT2D eigenvalue weighted by Crippen LogP contribution is -2.32. The minimum absolute atomic E-state index is 0.321. The van der Waals surface area contributed by atoms with Crippen LogP contribution in [0.1, 0.15) is 18.1 Å². The van der Waals surface area contributed by atoms with E-state index in [4.69, 9.17) is 32.7 Å². The van der Waals surface area contributed by atoms with Crippen LogP contribution in [0.5, 0.6) is 11.5 Å². The van der Waals surface area contributed by atoms with E-state index in [9.17, 15) is 9.59 Å². The Morgan fingerprint density at radius 3 is 2.47 bits per heavy atom. The Morgan fingerprint density at radius 1 is 1.00 bits per heavy atom. The topological polar surface area (TPSA) is 89.0 Å². The number of halogens is 3. The zero-order chi connectivity index (χ0) is 24.5. The number of anilines is 1. The number of amides is 2. The van der Waals surface area contributed by atoms with Gasteiger partial charge in [0.2, 0.25) is 0 Å². The van der Waals surface area contributed by atoms with Crippen LogP contribution >= 0.6 is 39.1 Å². The van der Waals surface area contributed by atoms with E-state index in [0.717, 1.165) is 5.56 Å². The van der Waals surface area contributed by atoms with Crippen molar-refractivity contribution in [3.05, 3.63) is 86.3 Å². The molecule has 2 N–H and O–H groups in total. The molecule has 3 aromatic rings. The molecule has 0 aliphatic carbocycles. The molecule has 7 nitrogen and oxygen atoms in total. The molecule has 0 aliphatic rings. The highest BCUT2D eigenvalue weighted by molar-refractivity contribution is 9.10. The van der Waals surface area contributed by atoms with Crippen molar-refractivity contribution in [2.24, 2.45) is 5.10 Å². The van der Waals surface area contributed by atoms with Crippen LogP contribution in [0.25, 0.3) is 0 Å². The summed E-state index contributed by atoms with van der Waals surface area (Å²) in [4.78, 5) is 24.0. The van der Waals surface area contributed by atoms with Gasteiger partial charge in [-0.1, -0.05) is 41.4 Å². The molecule has 34 heavy (non-hydrogen) atoms. The summed E-state index contributed by atoms with van der Waals surface area (Å²) < 4.78 is 12.3. The van der Waals surface area contributed by atoms with Gasteiger partial charge in [0.25, 0.3) is 0 Å². The fraction of sp³-hybridized carbons (Fsp3) is 0.125. The fourth-order valence-electron chi connectivity index (χ4n) is 2.77. The van der Waals surface area contributed by atoms with Crippen LogP contribution < -0.4 is 20.2 Å². The van der Waals surface area contributed by atoms with Gasteiger partial charge >= 0.3 is 11.8 Å². The predicted octanol–water partition coefficient (Wildman–Crippen LogP) is 5.82. The molecule has 0 atom stereocenters. The first-order valence-corrected chi connectivity index (χ1v) is 11.6. The van der Waals surface area contributed by atoms with E-state index >= 15 is 0 Å². The molecule has 0 unspecified atom stereocenters. The Labute approximate surface area is 215 Å². The molecule has 0 aromatic heterocycles. The largest absolute Gasteiger partial charge is 0.490 e. The molecule has 2 amide bonds. The lowest BCUT2D eigenvalue weighted by atomic mass is 10.2. The van der Waals surface area contributed by atoms with Gasteiger partial charge in [-0.15, -0.1) is 0 Å². The number of carbonyl (C=O) groups excluding carboxylic acids is 2. The maximum Gasteiger partial charge on any atom is 0.329 e. The van der Waals surface area contributed by atoms with Crippen LogP contribution in [0, 0.1) is 0 Å². The molecule has 0 heterocycles. The summed E-state index contributed by atoms with van der Waals surface area (Å²) in [7, 11) is 0. The SMILES string of the molecule is CCOc1cc(/C=N/NC(=O)C(=O)Nc2cccc(Cl)c2)cc(Br)c1OCc1ccc(Cl)cc1. The van der Waals surface area contributed by atoms with Crippen LogP contribution in [0.15, 0.2) is 70.2 Å². The van der Waals surface area contributed by atoms with Gasteiger partial charge in [0.1, 0.15) is 6.61 Å². The van der Waals surface area contributed by atoms with E-state index in [1.54, 1.807) is 42.5 Å². The molecule has 0 radical (unpaired) electrons. The number of ether oxygens (including phenoxy) is 2. The van der Waals surface area contributed by atoms with Gasteiger partial charge in [-0.2, -0.15) is 5.10 Å². The average Bonchev–Trinajstić information content (AvgIpc) is 2.80. The van der Waals surface area contributed by atoms with Crippen LogP contribution in [0.2, 0.25) is 10.0 Å². The van der Waals surface area contributed by atoms with Crippen LogP contribution in [0.3, 0.4) is 0 Å². The third-order valence-corrected chi connectivity index (χ3v) is 5.37. The number of rotatable bonds is 8. The van der Waals surface area contributed by atoms with Gasteiger partial charge in [0.05, 0.1) is 17.3 Å². The molecule has 3 rings (SSSR count). The maximum absolute atomic E-state index is 12.0. The Kier molecular flexibility index (Phi) is 9.33. The van der Waals surface area contributed by atoms with Crippen molar-refractivity contribution in [2.75, 3.05) is 11.9 Å². The van der Waals surface area contributed by atoms with Crippen molar-refractivity contribution in [3.8, 4) is 11.5 Å². The van der Waals surface area contributed by atoms with Gasteiger partial charge in [-0.05, 0) is 76.4 Å². The molecular weight excluding hydrogens is 545 g/mol. The van der Waals surface area contributed by atoms with Gasteiger partial charge in [-0.25, -0.2) is 5.43 Å². The Balaban J connectivity index is 1.64. The standard InChI is InChI=1S/C24H20BrCl2N3O4/c1-2-33-21-11-16(10-20(25)22(21)34-14-15-6-8-17(26)9-7-15)13-28-30-24(32)23(31)29-19-5-3-4-18(27)12-19/h3-13H,2,14H2,1H3,(H,29,31)(H,30,32)/b28-13+. The zero-order valence-corrected chi connectivity index (χ0v) is 21.1. The molecule has 0 saturated heterocycles. The number of nitrogens with one attached hydrogen (secondary N) is 2. The van der Waals surface area contributed by atoms with E-state index in [1.807, 2.05) is 19.1 Å². The maximum atomic E-state index is 12.0. The molecule has 0 aliphatic heterocycles. The Morgan fingerprint density at radius 2 is 1.76 bits per heavy atom. The summed E-state index contributed by atoms with van der Waals surface area (Å²) >= 11 is 15.3. The second-order valence-electron chi connectivity index (χ2n) is 6.84. The minimum atomic E-state index is -0.928. The van der Waals surface area contributed by atoms with Crippen molar-refractivity contribution in [1.29, 1.82) is 0 Å². The molecule has 3 aromatic carbocycles. The summed E-state index contributed by atoms with van der Waals surface area (Å²) in [5.41, 5.74) is 4.15. The van der Waals surface area contributed by atoms with E-state index in [1.165, 1.54) is 12.3 Å². The monoisotopic (exact) mass is 563 g/mol. The van der Waals surface area contributed by atoms with E-state index in [-0.39, 0.29) is 0 Å². The van der Waals surface area contributed by atoms with Crippen molar-refractivity contribution in [1.82, 2.24) is 5.43 Å². The summed E-state index contributed by atoms with van der Waals surface area (Å²) in [6, 6.07) is 17.3.